The summed E-state index contributed by atoms with van der Waals surface area (Å²) in [6, 6.07) is 11.2. The van der Waals surface area contributed by atoms with Crippen molar-refractivity contribution in [2.24, 2.45) is 5.92 Å². The highest BCUT2D eigenvalue weighted by atomic mass is 16.7. The third kappa shape index (κ3) is 6.65. The fourth-order valence-corrected chi connectivity index (χ4v) is 3.49. The lowest BCUT2D eigenvalue weighted by molar-refractivity contribution is -0.143. The van der Waals surface area contributed by atoms with Crippen molar-refractivity contribution >= 4 is 18.0 Å². The molecule has 1 aliphatic rings. The van der Waals surface area contributed by atoms with Gasteiger partial charge < -0.3 is 28.4 Å². The zero-order valence-electron chi connectivity index (χ0n) is 19.2. The smallest absolute Gasteiger partial charge is 0.302 e. The Balaban J connectivity index is 1.94. The van der Waals surface area contributed by atoms with Crippen molar-refractivity contribution in [1.29, 1.82) is 0 Å². The Morgan fingerprint density at radius 1 is 0.939 bits per heavy atom. The monoisotopic (exact) mass is 456 g/mol. The number of carbonyl (C=O) groups excluding carboxylic acids is 2. The molecule has 8 heteroatoms. The largest absolute Gasteiger partial charge is 0.493 e. The van der Waals surface area contributed by atoms with E-state index in [1.165, 1.54) is 13.8 Å². The maximum Gasteiger partial charge on any atom is 0.302 e. The molecule has 2 aromatic carbocycles. The van der Waals surface area contributed by atoms with Crippen molar-refractivity contribution in [3.05, 3.63) is 53.1 Å². The zero-order valence-corrected chi connectivity index (χ0v) is 19.2. The summed E-state index contributed by atoms with van der Waals surface area (Å²) in [5.74, 6) is 1.50. The molecule has 176 valence electrons. The fraction of sp³-hybridized carbons (Fsp3) is 0.360. The second-order valence-electron chi connectivity index (χ2n) is 7.51. The van der Waals surface area contributed by atoms with E-state index in [1.54, 1.807) is 14.2 Å². The minimum Gasteiger partial charge on any atom is -0.493 e. The van der Waals surface area contributed by atoms with Gasteiger partial charge in [0.1, 0.15) is 6.61 Å². The molecule has 0 spiro atoms. The van der Waals surface area contributed by atoms with E-state index < -0.39 is 5.97 Å². The zero-order chi connectivity index (χ0) is 23.8. The van der Waals surface area contributed by atoms with Crippen LogP contribution < -0.4 is 18.9 Å². The first-order valence-corrected chi connectivity index (χ1v) is 10.5. The third-order valence-corrected chi connectivity index (χ3v) is 5.13. The van der Waals surface area contributed by atoms with E-state index >= 15 is 0 Å². The molecule has 1 unspecified atom stereocenters. The molecule has 0 radical (unpaired) electrons. The van der Waals surface area contributed by atoms with Crippen LogP contribution in [0.3, 0.4) is 0 Å². The average molecular weight is 456 g/mol. The van der Waals surface area contributed by atoms with Crippen LogP contribution in [-0.2, 0) is 25.5 Å². The first kappa shape index (κ1) is 24.0. The van der Waals surface area contributed by atoms with Gasteiger partial charge in [-0.05, 0) is 47.4 Å². The van der Waals surface area contributed by atoms with Crippen LogP contribution in [0.4, 0.5) is 0 Å². The molecule has 0 aromatic heterocycles. The summed E-state index contributed by atoms with van der Waals surface area (Å²) in [6.07, 6.45) is 2.44. The van der Waals surface area contributed by atoms with E-state index in [0.29, 0.717) is 29.4 Å². The van der Waals surface area contributed by atoms with Gasteiger partial charge in [-0.2, -0.15) is 0 Å². The molecule has 2 aromatic rings. The van der Waals surface area contributed by atoms with Crippen molar-refractivity contribution in [2.75, 3.05) is 34.2 Å². The number of methoxy groups -OCH3 is 2. The Hall–Kier alpha value is -3.68. The summed E-state index contributed by atoms with van der Waals surface area (Å²) in [7, 11) is 3.15. The van der Waals surface area contributed by atoms with Gasteiger partial charge in [-0.3, -0.25) is 9.59 Å². The highest BCUT2D eigenvalue weighted by molar-refractivity contribution is 5.67. The van der Waals surface area contributed by atoms with Crippen LogP contribution in [0.2, 0.25) is 0 Å². The van der Waals surface area contributed by atoms with Gasteiger partial charge in [-0.25, -0.2) is 0 Å². The molecular formula is C25H28O8. The number of rotatable bonds is 10. The van der Waals surface area contributed by atoms with E-state index in [1.807, 2.05) is 42.5 Å². The van der Waals surface area contributed by atoms with E-state index in [4.69, 9.17) is 28.4 Å². The molecule has 0 aliphatic carbocycles. The molecule has 3 rings (SSSR count). The van der Waals surface area contributed by atoms with Gasteiger partial charge in [0.2, 0.25) is 6.79 Å². The Bertz CT molecular complexity index is 1030. The van der Waals surface area contributed by atoms with Gasteiger partial charge in [0.05, 0.1) is 20.8 Å². The topological polar surface area (TPSA) is 89.5 Å². The second kappa shape index (κ2) is 11.3. The molecule has 0 saturated heterocycles. The third-order valence-electron chi connectivity index (χ3n) is 5.13. The number of hydrogen-bond acceptors (Lipinski definition) is 8. The van der Waals surface area contributed by atoms with Crippen LogP contribution in [0.5, 0.6) is 23.0 Å². The first-order chi connectivity index (χ1) is 15.9. The molecule has 1 heterocycles. The summed E-state index contributed by atoms with van der Waals surface area (Å²) in [5.41, 5.74) is 2.59. The predicted octanol–water partition coefficient (Wildman–Crippen LogP) is 3.80. The highest BCUT2D eigenvalue weighted by Gasteiger charge is 2.20. The molecule has 0 saturated carbocycles. The quantitative estimate of drug-likeness (QED) is 0.499. The lowest BCUT2D eigenvalue weighted by Crippen LogP contribution is -2.21. The van der Waals surface area contributed by atoms with Gasteiger partial charge in [0.15, 0.2) is 23.0 Å². The molecule has 1 atom stereocenters. The van der Waals surface area contributed by atoms with Crippen molar-refractivity contribution in [2.45, 2.75) is 20.3 Å². The summed E-state index contributed by atoms with van der Waals surface area (Å²) in [6.45, 7) is 3.08. The van der Waals surface area contributed by atoms with Crippen LogP contribution in [0.25, 0.3) is 6.08 Å². The molecule has 8 nitrogen and oxygen atoms in total. The Morgan fingerprint density at radius 3 is 2.36 bits per heavy atom. The van der Waals surface area contributed by atoms with Crippen LogP contribution in [-0.4, -0.2) is 46.2 Å². The van der Waals surface area contributed by atoms with Gasteiger partial charge in [0.25, 0.3) is 0 Å². The van der Waals surface area contributed by atoms with E-state index in [-0.39, 0.29) is 31.9 Å². The standard InChI is InChI=1S/C25H28O8/c1-16(26)30-13-20(9-18-5-7-22(28-3)24(11-18)29-4)21(14-31-17(2)27)10-19-6-8-23-25(12-19)33-15-32-23/h5-8,10-12,20H,9,13-15H2,1-4H3/b21-10-. The number of esters is 2. The predicted molar refractivity (Wildman–Crippen MR) is 121 cm³/mol. The molecule has 33 heavy (non-hydrogen) atoms. The Kier molecular flexibility index (Phi) is 8.18. The van der Waals surface area contributed by atoms with E-state index in [2.05, 4.69) is 0 Å². The van der Waals surface area contributed by atoms with Gasteiger partial charge in [-0.15, -0.1) is 0 Å². The van der Waals surface area contributed by atoms with Crippen LogP contribution >= 0.6 is 0 Å². The van der Waals surface area contributed by atoms with Gasteiger partial charge in [-0.1, -0.05) is 18.2 Å². The minimum absolute atomic E-state index is 0.0585. The summed E-state index contributed by atoms with van der Waals surface area (Å²) in [4.78, 5) is 23.1. The normalized spacial score (nSPS) is 13.3. The van der Waals surface area contributed by atoms with Crippen LogP contribution in [0, 0.1) is 5.92 Å². The number of ether oxygens (including phenoxy) is 6. The van der Waals surface area contributed by atoms with E-state index in [9.17, 15) is 9.59 Å². The molecule has 0 bridgehead atoms. The van der Waals surface area contributed by atoms with Crippen molar-refractivity contribution < 1.29 is 38.0 Å². The summed E-state index contributed by atoms with van der Waals surface area (Å²) < 4.78 is 32.3. The fourth-order valence-electron chi connectivity index (χ4n) is 3.49. The van der Waals surface area contributed by atoms with Crippen molar-refractivity contribution in [3.63, 3.8) is 0 Å². The minimum atomic E-state index is -0.399. The maximum atomic E-state index is 11.6. The lowest BCUT2D eigenvalue weighted by atomic mass is 9.91. The molecule has 0 N–H and O–H groups in total. The highest BCUT2D eigenvalue weighted by Crippen LogP contribution is 2.34. The molecule has 0 amide bonds. The van der Waals surface area contributed by atoms with Gasteiger partial charge in [0, 0.05) is 19.8 Å². The van der Waals surface area contributed by atoms with Crippen molar-refractivity contribution in [1.82, 2.24) is 0 Å². The average Bonchev–Trinajstić information content (AvgIpc) is 3.27. The number of fused-ring (bicyclic) bond motifs is 1. The lowest BCUT2D eigenvalue weighted by Gasteiger charge is -2.21. The molecule has 1 aliphatic heterocycles. The Morgan fingerprint density at radius 2 is 1.67 bits per heavy atom. The SMILES string of the molecule is COc1ccc(CC(COC(C)=O)/C(=C\c2ccc3c(c2)OCO3)COC(C)=O)cc1OC. The molecule has 0 fully saturated rings. The summed E-state index contributed by atoms with van der Waals surface area (Å²) >= 11 is 0. The van der Waals surface area contributed by atoms with Crippen LogP contribution in [0.15, 0.2) is 42.0 Å². The Labute approximate surface area is 193 Å². The first-order valence-electron chi connectivity index (χ1n) is 10.5. The maximum absolute atomic E-state index is 11.6. The molecular weight excluding hydrogens is 428 g/mol. The van der Waals surface area contributed by atoms with E-state index in [0.717, 1.165) is 16.7 Å². The van der Waals surface area contributed by atoms with Crippen molar-refractivity contribution in [3.8, 4) is 23.0 Å². The number of hydrogen-bond donors (Lipinski definition) is 0. The van der Waals surface area contributed by atoms with Crippen LogP contribution in [0.1, 0.15) is 25.0 Å². The van der Waals surface area contributed by atoms with Gasteiger partial charge >= 0.3 is 11.9 Å². The number of benzene rings is 2. The number of carbonyl (C=O) groups is 2. The summed E-state index contributed by atoms with van der Waals surface area (Å²) in [5, 5.41) is 0. The second-order valence-corrected chi connectivity index (χ2v) is 7.51.